The summed E-state index contributed by atoms with van der Waals surface area (Å²) in [5, 5.41) is 14.2. The molecule has 0 aliphatic rings. The molecule has 0 atom stereocenters. The second-order valence-electron chi connectivity index (χ2n) is 4.73. The van der Waals surface area contributed by atoms with Crippen molar-refractivity contribution in [2.75, 3.05) is 33.7 Å². The predicted octanol–water partition coefficient (Wildman–Crippen LogP) is -0.271. The van der Waals surface area contributed by atoms with E-state index in [1.807, 2.05) is 19.0 Å². The fourth-order valence-electron chi connectivity index (χ4n) is 1.54. The summed E-state index contributed by atoms with van der Waals surface area (Å²) in [6.45, 7) is 1.51. The third kappa shape index (κ3) is 6.19. The van der Waals surface area contributed by atoms with Crippen LogP contribution < -0.4 is 10.6 Å². The number of hydrogen-bond acceptors (Lipinski definition) is 4. The van der Waals surface area contributed by atoms with Crippen molar-refractivity contribution in [1.82, 2.24) is 15.5 Å². The summed E-state index contributed by atoms with van der Waals surface area (Å²) in [6.07, 6.45) is 0.608. The number of hydrogen-bond donors (Lipinski definition) is 3. The molecule has 1 aromatic carbocycles. The molecular weight excluding hydrogens is 258 g/mol. The van der Waals surface area contributed by atoms with Crippen molar-refractivity contribution in [3.05, 3.63) is 29.8 Å². The molecule has 0 radical (unpaired) electrons. The SMILES string of the molecule is CN(C)CCNC(=O)C(=O)NCCc1ccc(O)cc1. The van der Waals surface area contributed by atoms with Crippen molar-refractivity contribution in [2.45, 2.75) is 6.42 Å². The summed E-state index contributed by atoms with van der Waals surface area (Å²) in [5.74, 6) is -1.03. The number of benzene rings is 1. The van der Waals surface area contributed by atoms with Crippen molar-refractivity contribution in [1.29, 1.82) is 0 Å². The lowest BCUT2D eigenvalue weighted by Crippen LogP contribution is -2.42. The van der Waals surface area contributed by atoms with E-state index in [1.54, 1.807) is 24.3 Å². The predicted molar refractivity (Wildman–Crippen MR) is 76.4 cm³/mol. The van der Waals surface area contributed by atoms with Gasteiger partial charge in [-0.1, -0.05) is 12.1 Å². The minimum atomic E-state index is -0.623. The third-order valence-corrected chi connectivity index (χ3v) is 2.69. The van der Waals surface area contributed by atoms with Gasteiger partial charge in [-0.25, -0.2) is 0 Å². The van der Waals surface area contributed by atoms with Crippen molar-refractivity contribution in [3.8, 4) is 5.75 Å². The number of likely N-dealkylation sites (N-methyl/N-ethyl adjacent to an activating group) is 1. The van der Waals surface area contributed by atoms with Gasteiger partial charge >= 0.3 is 11.8 Å². The topological polar surface area (TPSA) is 81.7 Å². The highest BCUT2D eigenvalue weighted by Crippen LogP contribution is 2.09. The van der Waals surface area contributed by atoms with Crippen LogP contribution in [-0.2, 0) is 16.0 Å². The zero-order valence-electron chi connectivity index (χ0n) is 11.8. The normalized spacial score (nSPS) is 10.3. The van der Waals surface area contributed by atoms with E-state index in [4.69, 9.17) is 5.11 Å². The van der Waals surface area contributed by atoms with Crippen LogP contribution in [0.25, 0.3) is 0 Å². The van der Waals surface area contributed by atoms with Gasteiger partial charge in [0.2, 0.25) is 0 Å². The van der Waals surface area contributed by atoms with E-state index >= 15 is 0 Å². The van der Waals surface area contributed by atoms with E-state index in [-0.39, 0.29) is 5.75 Å². The van der Waals surface area contributed by atoms with Gasteiger partial charge in [-0.05, 0) is 38.2 Å². The highest BCUT2D eigenvalue weighted by Gasteiger charge is 2.11. The molecule has 2 amide bonds. The molecule has 0 spiro atoms. The van der Waals surface area contributed by atoms with E-state index in [0.717, 1.165) is 5.56 Å². The smallest absolute Gasteiger partial charge is 0.309 e. The first-order chi connectivity index (χ1) is 9.49. The summed E-state index contributed by atoms with van der Waals surface area (Å²) < 4.78 is 0. The Hall–Kier alpha value is -2.08. The van der Waals surface area contributed by atoms with Gasteiger partial charge in [-0.3, -0.25) is 9.59 Å². The molecule has 0 heterocycles. The molecule has 6 heteroatoms. The Balaban J connectivity index is 2.22. The number of phenols is 1. The lowest BCUT2D eigenvalue weighted by molar-refractivity contribution is -0.139. The molecule has 0 fully saturated rings. The van der Waals surface area contributed by atoms with Gasteiger partial charge in [-0.2, -0.15) is 0 Å². The number of nitrogens with one attached hydrogen (secondary N) is 2. The van der Waals surface area contributed by atoms with Crippen LogP contribution in [0.1, 0.15) is 5.56 Å². The van der Waals surface area contributed by atoms with Crippen LogP contribution in [0.2, 0.25) is 0 Å². The van der Waals surface area contributed by atoms with Crippen LogP contribution in [0.15, 0.2) is 24.3 Å². The highest BCUT2D eigenvalue weighted by atomic mass is 16.3. The maximum Gasteiger partial charge on any atom is 0.309 e. The monoisotopic (exact) mass is 279 g/mol. The van der Waals surface area contributed by atoms with E-state index in [0.29, 0.717) is 26.1 Å². The molecule has 1 aromatic rings. The fraction of sp³-hybridized carbons (Fsp3) is 0.429. The van der Waals surface area contributed by atoms with Gasteiger partial charge in [0, 0.05) is 19.6 Å². The number of amides is 2. The van der Waals surface area contributed by atoms with Crippen LogP contribution in [0.5, 0.6) is 5.75 Å². The fourth-order valence-corrected chi connectivity index (χ4v) is 1.54. The molecule has 0 unspecified atom stereocenters. The molecule has 20 heavy (non-hydrogen) atoms. The number of nitrogens with zero attached hydrogens (tertiary/aromatic N) is 1. The molecule has 0 aromatic heterocycles. The summed E-state index contributed by atoms with van der Waals surface area (Å²) in [5.41, 5.74) is 0.983. The third-order valence-electron chi connectivity index (χ3n) is 2.69. The molecule has 0 saturated carbocycles. The molecule has 110 valence electrons. The summed E-state index contributed by atoms with van der Waals surface area (Å²) in [7, 11) is 3.79. The zero-order chi connectivity index (χ0) is 15.0. The van der Waals surface area contributed by atoms with Gasteiger partial charge in [-0.15, -0.1) is 0 Å². The van der Waals surface area contributed by atoms with Crippen molar-refractivity contribution < 1.29 is 14.7 Å². The number of rotatable bonds is 6. The van der Waals surface area contributed by atoms with Gasteiger partial charge < -0.3 is 20.6 Å². The standard InChI is InChI=1S/C14H21N3O3/c1-17(2)10-9-16-14(20)13(19)15-8-7-11-3-5-12(18)6-4-11/h3-6,18H,7-10H2,1-2H3,(H,15,19)(H,16,20). The Morgan fingerprint density at radius 3 is 2.15 bits per heavy atom. The minimum Gasteiger partial charge on any atom is -0.508 e. The molecule has 0 aliphatic carbocycles. The van der Waals surface area contributed by atoms with Crippen LogP contribution in [0, 0.1) is 0 Å². The molecular formula is C14H21N3O3. The van der Waals surface area contributed by atoms with Gasteiger partial charge in [0.15, 0.2) is 0 Å². The van der Waals surface area contributed by atoms with Gasteiger partial charge in [0.25, 0.3) is 0 Å². The van der Waals surface area contributed by atoms with Gasteiger partial charge in [0.1, 0.15) is 5.75 Å². The second kappa shape index (κ2) is 8.16. The quantitative estimate of drug-likeness (QED) is 0.626. The number of carbonyl (C=O) groups excluding carboxylic acids is 2. The molecule has 3 N–H and O–H groups in total. The molecule has 1 rings (SSSR count). The lowest BCUT2D eigenvalue weighted by Gasteiger charge is -2.10. The van der Waals surface area contributed by atoms with Crippen molar-refractivity contribution in [2.24, 2.45) is 0 Å². The first-order valence-electron chi connectivity index (χ1n) is 6.47. The maximum atomic E-state index is 11.5. The van der Waals surface area contributed by atoms with Crippen LogP contribution in [-0.4, -0.2) is 55.6 Å². The summed E-state index contributed by atoms with van der Waals surface area (Å²) in [4.78, 5) is 24.8. The first-order valence-corrected chi connectivity index (χ1v) is 6.47. The minimum absolute atomic E-state index is 0.207. The number of carbonyl (C=O) groups is 2. The van der Waals surface area contributed by atoms with Crippen LogP contribution in [0.3, 0.4) is 0 Å². The Morgan fingerprint density at radius 2 is 1.60 bits per heavy atom. The Morgan fingerprint density at radius 1 is 1.05 bits per heavy atom. The number of aromatic hydroxyl groups is 1. The van der Waals surface area contributed by atoms with Crippen LogP contribution >= 0.6 is 0 Å². The van der Waals surface area contributed by atoms with Crippen molar-refractivity contribution >= 4 is 11.8 Å². The Labute approximate surface area is 118 Å². The molecule has 0 bridgehead atoms. The van der Waals surface area contributed by atoms with Crippen LogP contribution in [0.4, 0.5) is 0 Å². The summed E-state index contributed by atoms with van der Waals surface area (Å²) >= 11 is 0. The molecule has 0 aliphatic heterocycles. The zero-order valence-corrected chi connectivity index (χ0v) is 11.8. The average molecular weight is 279 g/mol. The lowest BCUT2D eigenvalue weighted by atomic mass is 10.1. The van der Waals surface area contributed by atoms with Gasteiger partial charge in [0.05, 0.1) is 0 Å². The van der Waals surface area contributed by atoms with E-state index in [1.165, 1.54) is 0 Å². The first kappa shape index (κ1) is 16.0. The maximum absolute atomic E-state index is 11.5. The largest absolute Gasteiger partial charge is 0.508 e. The molecule has 6 nitrogen and oxygen atoms in total. The van der Waals surface area contributed by atoms with E-state index in [9.17, 15) is 9.59 Å². The van der Waals surface area contributed by atoms with E-state index < -0.39 is 11.8 Å². The Bertz CT molecular complexity index is 443. The molecule has 0 saturated heterocycles. The second-order valence-corrected chi connectivity index (χ2v) is 4.73. The van der Waals surface area contributed by atoms with Crippen molar-refractivity contribution in [3.63, 3.8) is 0 Å². The summed E-state index contributed by atoms with van der Waals surface area (Å²) in [6, 6.07) is 6.73. The highest BCUT2D eigenvalue weighted by molar-refractivity contribution is 6.35. The van der Waals surface area contributed by atoms with E-state index in [2.05, 4.69) is 10.6 Å². The average Bonchev–Trinajstić information content (AvgIpc) is 2.40. The Kier molecular flexibility index (Phi) is 6.52. The number of phenolic OH excluding ortho intramolecular Hbond substituents is 1.